The SMILES string of the molecule is CCC(C)(C)CC(=O)OC.CCCCOC(C)=O.COCCOC(C)(C)C. The van der Waals surface area contributed by atoms with Gasteiger partial charge in [-0.2, -0.15) is 0 Å². The molecule has 0 unspecified atom stereocenters. The van der Waals surface area contributed by atoms with E-state index in [-0.39, 0.29) is 23.0 Å². The molecule has 0 saturated heterocycles. The zero-order valence-electron chi connectivity index (χ0n) is 19.4. The largest absolute Gasteiger partial charge is 0.469 e. The highest BCUT2D eigenvalue weighted by Gasteiger charge is 2.19. The van der Waals surface area contributed by atoms with Gasteiger partial charge in [-0.05, 0) is 32.6 Å². The molecule has 0 fully saturated rings. The minimum Gasteiger partial charge on any atom is -0.469 e. The summed E-state index contributed by atoms with van der Waals surface area (Å²) in [6, 6.07) is 0. The van der Waals surface area contributed by atoms with Crippen molar-refractivity contribution in [3.63, 3.8) is 0 Å². The van der Waals surface area contributed by atoms with E-state index in [1.165, 1.54) is 14.0 Å². The van der Waals surface area contributed by atoms with Crippen LogP contribution in [0.3, 0.4) is 0 Å². The number of methoxy groups -OCH3 is 2. The lowest BCUT2D eigenvalue weighted by atomic mass is 9.87. The van der Waals surface area contributed by atoms with Crippen LogP contribution in [-0.2, 0) is 28.5 Å². The van der Waals surface area contributed by atoms with Gasteiger partial charge in [-0.25, -0.2) is 0 Å². The zero-order valence-corrected chi connectivity index (χ0v) is 19.4. The number of hydrogen-bond donors (Lipinski definition) is 0. The minimum atomic E-state index is -0.182. The highest BCUT2D eigenvalue weighted by atomic mass is 16.5. The number of rotatable bonds is 9. The lowest BCUT2D eigenvalue weighted by Gasteiger charge is -2.19. The van der Waals surface area contributed by atoms with E-state index in [0.29, 0.717) is 26.2 Å². The first-order valence-electron chi connectivity index (χ1n) is 9.68. The third-order valence-corrected chi connectivity index (χ3v) is 3.43. The van der Waals surface area contributed by atoms with Crippen molar-refractivity contribution < 1.29 is 28.5 Å². The van der Waals surface area contributed by atoms with Crippen LogP contribution in [0.5, 0.6) is 0 Å². The first kappa shape index (κ1) is 30.6. The molecular weight excluding hydrogens is 348 g/mol. The summed E-state index contributed by atoms with van der Waals surface area (Å²) in [5, 5.41) is 0. The third-order valence-electron chi connectivity index (χ3n) is 3.43. The Morgan fingerprint density at radius 2 is 1.44 bits per heavy atom. The van der Waals surface area contributed by atoms with Gasteiger partial charge in [0.2, 0.25) is 0 Å². The zero-order chi connectivity index (χ0) is 21.9. The maximum Gasteiger partial charge on any atom is 0.306 e. The van der Waals surface area contributed by atoms with E-state index in [0.717, 1.165) is 19.3 Å². The standard InChI is InChI=1S/C8H16O2.C7H16O2.C6H12O2/c1-5-8(2,3)6-7(9)10-4;1-7(2,3)9-6-5-8-4;1-3-4-5-8-6(2)7/h5-6H2,1-4H3;5-6H2,1-4H3;3-5H2,1-2H3. The van der Waals surface area contributed by atoms with Crippen molar-refractivity contribution >= 4 is 11.9 Å². The molecule has 6 heteroatoms. The number of carbonyl (C=O) groups excluding carboxylic acids is 2. The normalized spacial score (nSPS) is 10.7. The predicted octanol–water partition coefficient (Wildman–Crippen LogP) is 4.78. The van der Waals surface area contributed by atoms with E-state index in [1.54, 1.807) is 7.11 Å². The Hall–Kier alpha value is -1.14. The number of ether oxygens (including phenoxy) is 4. The molecule has 0 amide bonds. The summed E-state index contributed by atoms with van der Waals surface area (Å²) in [4.78, 5) is 20.9. The molecule has 0 aliphatic heterocycles. The van der Waals surface area contributed by atoms with Gasteiger partial charge in [0.25, 0.3) is 0 Å². The van der Waals surface area contributed by atoms with Crippen LogP contribution >= 0.6 is 0 Å². The molecule has 0 radical (unpaired) electrons. The molecule has 0 saturated carbocycles. The molecule has 0 heterocycles. The van der Waals surface area contributed by atoms with Gasteiger partial charge in [-0.15, -0.1) is 0 Å². The van der Waals surface area contributed by atoms with Crippen LogP contribution in [0.1, 0.15) is 81.1 Å². The number of unbranched alkanes of at least 4 members (excludes halogenated alkanes) is 1. The van der Waals surface area contributed by atoms with Crippen LogP contribution in [0, 0.1) is 5.41 Å². The van der Waals surface area contributed by atoms with Crippen molar-refractivity contribution in [1.82, 2.24) is 0 Å². The summed E-state index contributed by atoms with van der Waals surface area (Å²) in [7, 11) is 3.10. The van der Waals surface area contributed by atoms with Crippen molar-refractivity contribution in [2.45, 2.75) is 86.7 Å². The van der Waals surface area contributed by atoms with Gasteiger partial charge in [0.15, 0.2) is 0 Å². The lowest BCUT2D eigenvalue weighted by Crippen LogP contribution is -2.21. The van der Waals surface area contributed by atoms with Crippen molar-refractivity contribution in [1.29, 1.82) is 0 Å². The second-order valence-corrected chi connectivity index (χ2v) is 7.92. The van der Waals surface area contributed by atoms with Gasteiger partial charge in [-0.3, -0.25) is 9.59 Å². The highest BCUT2D eigenvalue weighted by molar-refractivity contribution is 5.69. The summed E-state index contributed by atoms with van der Waals surface area (Å²) in [5.74, 6) is -0.301. The van der Waals surface area contributed by atoms with E-state index < -0.39 is 0 Å². The Kier molecular flexibility index (Phi) is 20.7. The molecule has 0 aromatic heterocycles. The van der Waals surface area contributed by atoms with Crippen molar-refractivity contribution in [2.24, 2.45) is 5.41 Å². The molecule has 0 N–H and O–H groups in total. The summed E-state index contributed by atoms with van der Waals surface area (Å²) in [5.41, 5.74) is 0.0611. The van der Waals surface area contributed by atoms with Crippen LogP contribution in [0.4, 0.5) is 0 Å². The maximum atomic E-state index is 10.8. The molecule has 0 aliphatic rings. The number of hydrogen-bond acceptors (Lipinski definition) is 6. The highest BCUT2D eigenvalue weighted by Crippen LogP contribution is 2.24. The van der Waals surface area contributed by atoms with Gasteiger partial charge >= 0.3 is 11.9 Å². The molecule has 164 valence electrons. The van der Waals surface area contributed by atoms with Crippen LogP contribution in [0.25, 0.3) is 0 Å². The van der Waals surface area contributed by atoms with Crippen molar-refractivity contribution in [2.75, 3.05) is 34.0 Å². The quantitative estimate of drug-likeness (QED) is 0.415. The topological polar surface area (TPSA) is 71.1 Å². The summed E-state index contributed by atoms with van der Waals surface area (Å²) in [6.07, 6.45) is 3.56. The van der Waals surface area contributed by atoms with Gasteiger partial charge < -0.3 is 18.9 Å². The van der Waals surface area contributed by atoms with Crippen LogP contribution < -0.4 is 0 Å². The summed E-state index contributed by atoms with van der Waals surface area (Å²) < 4.78 is 19.3. The van der Waals surface area contributed by atoms with E-state index in [1.807, 2.05) is 20.8 Å². The van der Waals surface area contributed by atoms with Crippen LogP contribution in [0.15, 0.2) is 0 Å². The Morgan fingerprint density at radius 1 is 0.889 bits per heavy atom. The number of esters is 2. The Labute approximate surface area is 167 Å². The van der Waals surface area contributed by atoms with Crippen molar-refractivity contribution in [3.05, 3.63) is 0 Å². The monoisotopic (exact) mass is 392 g/mol. The third kappa shape index (κ3) is 32.9. The molecule has 27 heavy (non-hydrogen) atoms. The summed E-state index contributed by atoms with van der Waals surface area (Å²) in [6.45, 7) is 17.7. The van der Waals surface area contributed by atoms with E-state index in [2.05, 4.69) is 37.2 Å². The minimum absolute atomic E-state index is 0.0292. The summed E-state index contributed by atoms with van der Waals surface area (Å²) >= 11 is 0. The second kappa shape index (κ2) is 18.2. The molecule has 0 aromatic rings. The average Bonchev–Trinajstić information content (AvgIpc) is 2.55. The van der Waals surface area contributed by atoms with E-state index in [9.17, 15) is 9.59 Å². The maximum absolute atomic E-state index is 10.8. The van der Waals surface area contributed by atoms with Crippen LogP contribution in [0.2, 0.25) is 0 Å². The molecule has 6 nitrogen and oxygen atoms in total. The molecule has 0 aromatic carbocycles. The molecular formula is C21H44O6. The molecule has 0 rings (SSSR count). The fourth-order valence-electron chi connectivity index (χ4n) is 1.38. The van der Waals surface area contributed by atoms with E-state index in [4.69, 9.17) is 9.47 Å². The molecule has 0 bridgehead atoms. The smallest absolute Gasteiger partial charge is 0.306 e. The predicted molar refractivity (Wildman–Crippen MR) is 110 cm³/mol. The van der Waals surface area contributed by atoms with Gasteiger partial charge in [0.1, 0.15) is 0 Å². The van der Waals surface area contributed by atoms with Crippen LogP contribution in [-0.4, -0.2) is 51.6 Å². The van der Waals surface area contributed by atoms with Crippen molar-refractivity contribution in [3.8, 4) is 0 Å². The van der Waals surface area contributed by atoms with E-state index >= 15 is 0 Å². The lowest BCUT2D eigenvalue weighted by molar-refractivity contribution is -0.143. The van der Waals surface area contributed by atoms with Gasteiger partial charge in [0, 0.05) is 14.0 Å². The Bertz CT molecular complexity index is 358. The Balaban J connectivity index is -0.000000322. The molecule has 0 atom stereocenters. The second-order valence-electron chi connectivity index (χ2n) is 7.92. The molecule has 0 aliphatic carbocycles. The first-order valence-corrected chi connectivity index (χ1v) is 9.68. The fraction of sp³-hybridized carbons (Fsp3) is 0.905. The average molecular weight is 393 g/mol. The fourth-order valence-corrected chi connectivity index (χ4v) is 1.38. The first-order chi connectivity index (χ1) is 12.3. The van der Waals surface area contributed by atoms with Gasteiger partial charge in [0.05, 0.1) is 39.0 Å². The molecule has 0 spiro atoms. The number of carbonyl (C=O) groups is 2. The van der Waals surface area contributed by atoms with Gasteiger partial charge in [-0.1, -0.05) is 40.5 Å². The Morgan fingerprint density at radius 3 is 1.78 bits per heavy atom.